The maximum absolute atomic E-state index is 12.2. The highest BCUT2D eigenvalue weighted by Crippen LogP contribution is 2.18. The Kier molecular flexibility index (Phi) is 5.12. The molecule has 0 aromatic carbocycles. The van der Waals surface area contributed by atoms with Gasteiger partial charge in [-0.2, -0.15) is 5.10 Å². The van der Waals surface area contributed by atoms with Crippen LogP contribution in [0.15, 0.2) is 33.9 Å². The molecule has 0 aliphatic heterocycles. The van der Waals surface area contributed by atoms with E-state index in [1.165, 1.54) is 4.68 Å². The number of pyridine rings is 1. The van der Waals surface area contributed by atoms with Crippen LogP contribution < -0.4 is 10.9 Å². The third kappa shape index (κ3) is 3.91. The average Bonchev–Trinajstić information content (AvgIpc) is 2.44. The highest BCUT2D eigenvalue weighted by molar-refractivity contribution is 9.10. The fourth-order valence-electron chi connectivity index (χ4n) is 1.94. The zero-order valence-electron chi connectivity index (χ0n) is 12.4. The normalized spacial score (nSPS) is 10.9. The van der Waals surface area contributed by atoms with Crippen LogP contribution in [0.4, 0.5) is 5.69 Å². The Morgan fingerprint density at radius 2 is 2.14 bits per heavy atom. The molecular formula is C15H19BrN4O. The lowest BCUT2D eigenvalue weighted by Gasteiger charge is -2.12. The fraction of sp³-hybridized carbons (Fsp3) is 0.400. The van der Waals surface area contributed by atoms with E-state index in [1.807, 2.05) is 19.2 Å². The van der Waals surface area contributed by atoms with Crippen molar-refractivity contribution in [2.45, 2.75) is 33.9 Å². The van der Waals surface area contributed by atoms with Crippen LogP contribution in [-0.2, 0) is 13.1 Å². The minimum absolute atomic E-state index is 0.114. The number of aryl methyl sites for hydroxylation is 1. The first kappa shape index (κ1) is 15.7. The zero-order chi connectivity index (χ0) is 15.4. The van der Waals surface area contributed by atoms with Gasteiger partial charge >= 0.3 is 0 Å². The number of halogens is 1. The summed E-state index contributed by atoms with van der Waals surface area (Å²) in [5.41, 5.74) is 2.84. The highest BCUT2D eigenvalue weighted by Gasteiger charge is 2.10. The van der Waals surface area contributed by atoms with Crippen molar-refractivity contribution in [3.05, 3.63) is 50.6 Å². The van der Waals surface area contributed by atoms with E-state index >= 15 is 0 Å². The molecule has 0 atom stereocenters. The number of nitrogens with one attached hydrogen (secondary N) is 1. The summed E-state index contributed by atoms with van der Waals surface area (Å²) in [6, 6.07) is 1.96. The number of aromatic nitrogens is 3. The first-order valence-electron chi connectivity index (χ1n) is 6.88. The summed E-state index contributed by atoms with van der Waals surface area (Å²) < 4.78 is 2.00. The molecule has 0 aliphatic rings. The number of nitrogens with zero attached hydrogens (tertiary/aromatic N) is 3. The van der Waals surface area contributed by atoms with Crippen LogP contribution in [-0.4, -0.2) is 14.8 Å². The number of hydrogen-bond acceptors (Lipinski definition) is 4. The van der Waals surface area contributed by atoms with Gasteiger partial charge in [-0.15, -0.1) is 0 Å². The monoisotopic (exact) mass is 350 g/mol. The largest absolute Gasteiger partial charge is 0.379 e. The first-order chi connectivity index (χ1) is 9.99. The topological polar surface area (TPSA) is 59.8 Å². The second kappa shape index (κ2) is 6.85. The third-order valence-electron chi connectivity index (χ3n) is 3.14. The summed E-state index contributed by atoms with van der Waals surface area (Å²) in [6.45, 7) is 7.36. The lowest BCUT2D eigenvalue weighted by Crippen LogP contribution is -2.26. The van der Waals surface area contributed by atoms with E-state index in [1.54, 1.807) is 12.4 Å². The Morgan fingerprint density at radius 3 is 2.81 bits per heavy atom. The van der Waals surface area contributed by atoms with Gasteiger partial charge in [-0.05, 0) is 46.0 Å². The second-order valence-electron chi connectivity index (χ2n) is 5.41. The summed E-state index contributed by atoms with van der Waals surface area (Å²) in [6.07, 6.45) is 5.27. The molecule has 5 nitrogen and oxygen atoms in total. The van der Waals surface area contributed by atoms with Crippen molar-refractivity contribution < 1.29 is 0 Å². The van der Waals surface area contributed by atoms with Crippen LogP contribution in [0, 0.1) is 12.8 Å². The van der Waals surface area contributed by atoms with Gasteiger partial charge in [0.1, 0.15) is 4.47 Å². The number of rotatable bonds is 5. The van der Waals surface area contributed by atoms with Crippen molar-refractivity contribution in [2.75, 3.05) is 5.32 Å². The standard InChI is InChI=1S/C15H19BrN4O/c1-10(2)9-20-15(21)14(16)13(8-19-20)18-7-12-6-17-5-4-11(12)3/h4-6,8,10,18H,7,9H2,1-3H3. The van der Waals surface area contributed by atoms with Gasteiger partial charge in [0, 0.05) is 25.5 Å². The van der Waals surface area contributed by atoms with Crippen molar-refractivity contribution >= 4 is 21.6 Å². The van der Waals surface area contributed by atoms with Crippen molar-refractivity contribution in [3.63, 3.8) is 0 Å². The molecule has 0 spiro atoms. The second-order valence-corrected chi connectivity index (χ2v) is 6.20. The van der Waals surface area contributed by atoms with Gasteiger partial charge in [-0.3, -0.25) is 9.78 Å². The molecule has 0 aliphatic carbocycles. The van der Waals surface area contributed by atoms with Gasteiger partial charge < -0.3 is 5.32 Å². The smallest absolute Gasteiger partial charge is 0.283 e. The van der Waals surface area contributed by atoms with E-state index in [-0.39, 0.29) is 5.56 Å². The number of anilines is 1. The molecular weight excluding hydrogens is 332 g/mol. The number of hydrogen-bond donors (Lipinski definition) is 1. The van der Waals surface area contributed by atoms with Gasteiger partial charge in [0.05, 0.1) is 11.9 Å². The predicted molar refractivity (Wildman–Crippen MR) is 87.3 cm³/mol. The van der Waals surface area contributed by atoms with E-state index < -0.39 is 0 Å². The highest BCUT2D eigenvalue weighted by atomic mass is 79.9. The van der Waals surface area contributed by atoms with E-state index in [4.69, 9.17) is 0 Å². The van der Waals surface area contributed by atoms with Crippen molar-refractivity contribution in [3.8, 4) is 0 Å². The lowest BCUT2D eigenvalue weighted by atomic mass is 10.1. The molecule has 2 aromatic heterocycles. The van der Waals surface area contributed by atoms with Crippen LogP contribution in [0.2, 0.25) is 0 Å². The predicted octanol–water partition coefficient (Wildman–Crippen LogP) is 2.98. The minimum Gasteiger partial charge on any atom is -0.379 e. The van der Waals surface area contributed by atoms with E-state index in [0.717, 1.165) is 11.1 Å². The zero-order valence-corrected chi connectivity index (χ0v) is 14.0. The molecule has 1 N–H and O–H groups in total. The van der Waals surface area contributed by atoms with Gasteiger partial charge in [0.2, 0.25) is 0 Å². The Bertz CT molecular complexity index is 682. The quantitative estimate of drug-likeness (QED) is 0.900. The summed E-state index contributed by atoms with van der Waals surface area (Å²) >= 11 is 3.36. The van der Waals surface area contributed by atoms with Crippen LogP contribution in [0.5, 0.6) is 0 Å². The minimum atomic E-state index is -0.114. The van der Waals surface area contributed by atoms with Crippen molar-refractivity contribution in [2.24, 2.45) is 5.92 Å². The SMILES string of the molecule is Cc1ccncc1CNc1cnn(CC(C)C)c(=O)c1Br. The summed E-state index contributed by atoms with van der Waals surface area (Å²) in [5, 5.41) is 7.44. The molecule has 0 fully saturated rings. The first-order valence-corrected chi connectivity index (χ1v) is 7.67. The maximum atomic E-state index is 12.2. The Balaban J connectivity index is 2.17. The van der Waals surface area contributed by atoms with Crippen molar-refractivity contribution in [1.29, 1.82) is 0 Å². The molecule has 2 aromatic rings. The Labute approximate surface area is 132 Å². The van der Waals surface area contributed by atoms with Gasteiger partial charge in [-0.1, -0.05) is 13.8 Å². The summed E-state index contributed by atoms with van der Waals surface area (Å²) in [4.78, 5) is 16.3. The van der Waals surface area contributed by atoms with E-state index in [2.05, 4.69) is 45.2 Å². The molecule has 0 bridgehead atoms. The van der Waals surface area contributed by atoms with E-state index in [0.29, 0.717) is 29.2 Å². The molecule has 0 amide bonds. The molecule has 0 saturated carbocycles. The molecule has 0 radical (unpaired) electrons. The third-order valence-corrected chi connectivity index (χ3v) is 3.91. The average molecular weight is 351 g/mol. The molecule has 0 unspecified atom stereocenters. The van der Waals surface area contributed by atoms with Gasteiger partial charge in [0.15, 0.2) is 0 Å². The molecule has 2 heterocycles. The molecule has 6 heteroatoms. The summed E-state index contributed by atoms with van der Waals surface area (Å²) in [7, 11) is 0. The Morgan fingerprint density at radius 1 is 1.38 bits per heavy atom. The lowest BCUT2D eigenvalue weighted by molar-refractivity contribution is 0.462. The molecule has 21 heavy (non-hydrogen) atoms. The van der Waals surface area contributed by atoms with Crippen LogP contribution >= 0.6 is 15.9 Å². The van der Waals surface area contributed by atoms with Crippen LogP contribution in [0.1, 0.15) is 25.0 Å². The van der Waals surface area contributed by atoms with Crippen molar-refractivity contribution in [1.82, 2.24) is 14.8 Å². The van der Waals surface area contributed by atoms with Gasteiger partial charge in [-0.25, -0.2) is 4.68 Å². The molecule has 0 saturated heterocycles. The molecule has 2 rings (SSSR count). The fourth-order valence-corrected chi connectivity index (χ4v) is 2.38. The Hall–Kier alpha value is -1.69. The maximum Gasteiger partial charge on any atom is 0.283 e. The van der Waals surface area contributed by atoms with Crippen LogP contribution in [0.3, 0.4) is 0 Å². The van der Waals surface area contributed by atoms with Gasteiger partial charge in [0.25, 0.3) is 5.56 Å². The summed E-state index contributed by atoms with van der Waals surface area (Å²) in [5.74, 6) is 0.374. The van der Waals surface area contributed by atoms with E-state index in [9.17, 15) is 4.79 Å². The molecule has 112 valence electrons. The van der Waals surface area contributed by atoms with Crippen LogP contribution in [0.25, 0.3) is 0 Å².